The predicted molar refractivity (Wildman–Crippen MR) is 189 cm³/mol. The number of esters is 1. The molecule has 1 heterocycles. The number of methoxy groups -OCH3 is 1. The molecule has 1 aromatic heterocycles. The number of ether oxygens (including phenoxy) is 1. The third-order valence-electron chi connectivity index (χ3n) is 7.51. The molecule has 0 radical (unpaired) electrons. The number of thiophene rings is 1. The van der Waals surface area contributed by atoms with E-state index in [0.717, 1.165) is 53.9 Å². The molecule has 1 aliphatic rings. The van der Waals surface area contributed by atoms with Gasteiger partial charge in [0, 0.05) is 26.0 Å². The van der Waals surface area contributed by atoms with E-state index in [1.54, 1.807) is 72.8 Å². The van der Waals surface area contributed by atoms with Gasteiger partial charge in [0.1, 0.15) is 10.7 Å². The van der Waals surface area contributed by atoms with Crippen LogP contribution in [-0.4, -0.2) is 36.6 Å². The first-order chi connectivity index (χ1) is 22.8. The van der Waals surface area contributed by atoms with Gasteiger partial charge in [-0.3, -0.25) is 14.4 Å². The van der Waals surface area contributed by atoms with Crippen LogP contribution in [0.3, 0.4) is 0 Å². The van der Waals surface area contributed by atoms with Crippen LogP contribution in [0.5, 0.6) is 0 Å². The van der Waals surface area contributed by atoms with Crippen LogP contribution in [0.1, 0.15) is 62.4 Å². The fourth-order valence-electron chi connectivity index (χ4n) is 5.19. The lowest BCUT2D eigenvalue weighted by molar-refractivity contribution is -0.114. The van der Waals surface area contributed by atoms with Gasteiger partial charge in [-0.05, 0) is 79.3 Å². The second-order valence-electron chi connectivity index (χ2n) is 10.8. The highest BCUT2D eigenvalue weighted by Crippen LogP contribution is 2.38. The Balaban J connectivity index is 1.27. The summed E-state index contributed by atoms with van der Waals surface area (Å²) in [4.78, 5) is 54.1. The van der Waals surface area contributed by atoms with E-state index in [9.17, 15) is 19.2 Å². The maximum atomic E-state index is 13.5. The summed E-state index contributed by atoms with van der Waals surface area (Å²) in [5.74, 6) is -1.58. The van der Waals surface area contributed by atoms with Gasteiger partial charge in [0.25, 0.3) is 11.8 Å². The van der Waals surface area contributed by atoms with Crippen molar-refractivity contribution in [3.05, 3.63) is 117 Å². The standard InChI is InChI=1S/C36H34ClN3O5S2/c1-45-36(44)32-27-17-7-2-3-8-19-30(27)47-35(32)40-31(41)22-46-26-16-11-15-25(21-26)38-34(43)29(20-24-14-9-10-18-28(24)37)39-33(42)23-12-5-4-6-13-23/h4-6,9-16,18,20-21H,2-3,7-8,17,19,22H2,1H3,(H,38,43)(H,39,42)(H,40,41)/b29-20+. The molecule has 0 atom stereocenters. The lowest BCUT2D eigenvalue weighted by atomic mass is 9.96. The Hall–Kier alpha value is -4.38. The van der Waals surface area contributed by atoms with Gasteiger partial charge in [0.15, 0.2) is 0 Å². The van der Waals surface area contributed by atoms with Gasteiger partial charge in [0.05, 0.1) is 18.4 Å². The van der Waals surface area contributed by atoms with E-state index in [1.165, 1.54) is 36.3 Å². The van der Waals surface area contributed by atoms with Crippen molar-refractivity contribution in [1.29, 1.82) is 0 Å². The smallest absolute Gasteiger partial charge is 0.341 e. The molecule has 3 N–H and O–H groups in total. The molecule has 0 spiro atoms. The molecule has 3 amide bonds. The summed E-state index contributed by atoms with van der Waals surface area (Å²) >= 11 is 9.10. The third kappa shape index (κ3) is 9.12. The number of hydrogen-bond donors (Lipinski definition) is 3. The van der Waals surface area contributed by atoms with Gasteiger partial charge < -0.3 is 20.7 Å². The highest BCUT2D eigenvalue weighted by atomic mass is 35.5. The Morgan fingerprint density at radius 1 is 0.894 bits per heavy atom. The van der Waals surface area contributed by atoms with E-state index in [-0.39, 0.29) is 17.4 Å². The predicted octanol–water partition coefficient (Wildman–Crippen LogP) is 7.99. The molecule has 0 fully saturated rings. The normalized spacial score (nSPS) is 13.0. The van der Waals surface area contributed by atoms with Crippen molar-refractivity contribution in [1.82, 2.24) is 5.32 Å². The zero-order chi connectivity index (χ0) is 33.2. The fourth-order valence-corrected chi connectivity index (χ4v) is 7.43. The van der Waals surface area contributed by atoms with Gasteiger partial charge in [-0.25, -0.2) is 4.79 Å². The fraction of sp³-hybridized carbons (Fsp3) is 0.222. The van der Waals surface area contributed by atoms with Crippen LogP contribution in [0, 0.1) is 0 Å². The summed E-state index contributed by atoms with van der Waals surface area (Å²) in [5.41, 5.74) is 2.92. The molecule has 4 aromatic rings. The molecule has 0 aliphatic heterocycles. The lowest BCUT2D eigenvalue weighted by Crippen LogP contribution is -2.30. The number of carbonyl (C=O) groups is 4. The highest BCUT2D eigenvalue weighted by molar-refractivity contribution is 8.00. The van der Waals surface area contributed by atoms with Gasteiger partial charge in [-0.2, -0.15) is 0 Å². The summed E-state index contributed by atoms with van der Waals surface area (Å²) in [6.45, 7) is 0. The van der Waals surface area contributed by atoms with Crippen molar-refractivity contribution in [3.8, 4) is 0 Å². The first kappa shape index (κ1) is 34.0. The molecule has 0 saturated heterocycles. The maximum absolute atomic E-state index is 13.5. The largest absolute Gasteiger partial charge is 0.465 e. The first-order valence-electron chi connectivity index (χ1n) is 15.2. The Kier molecular flexibility index (Phi) is 11.9. The van der Waals surface area contributed by atoms with Crippen LogP contribution in [0.2, 0.25) is 5.02 Å². The van der Waals surface area contributed by atoms with E-state index in [4.69, 9.17) is 16.3 Å². The number of amides is 3. The van der Waals surface area contributed by atoms with Crippen molar-refractivity contribution in [2.24, 2.45) is 0 Å². The monoisotopic (exact) mass is 687 g/mol. The highest BCUT2D eigenvalue weighted by Gasteiger charge is 2.26. The summed E-state index contributed by atoms with van der Waals surface area (Å²) in [6, 6.07) is 22.7. The molecular weight excluding hydrogens is 654 g/mol. The van der Waals surface area contributed by atoms with E-state index in [1.807, 2.05) is 6.07 Å². The molecule has 0 unspecified atom stereocenters. The molecule has 11 heteroatoms. The second-order valence-corrected chi connectivity index (χ2v) is 13.4. The minimum absolute atomic E-state index is 0.0100. The number of fused-ring (bicyclic) bond motifs is 1. The van der Waals surface area contributed by atoms with E-state index < -0.39 is 17.8 Å². The van der Waals surface area contributed by atoms with Gasteiger partial charge >= 0.3 is 5.97 Å². The molecule has 0 bridgehead atoms. The minimum atomic E-state index is -0.544. The Morgan fingerprint density at radius 3 is 2.40 bits per heavy atom. The van der Waals surface area contributed by atoms with Crippen molar-refractivity contribution in [2.75, 3.05) is 23.5 Å². The number of rotatable bonds is 10. The maximum Gasteiger partial charge on any atom is 0.341 e. The number of hydrogen-bond acceptors (Lipinski definition) is 7. The van der Waals surface area contributed by atoms with Crippen LogP contribution in [0.4, 0.5) is 10.7 Å². The van der Waals surface area contributed by atoms with Gasteiger partial charge in [-0.1, -0.05) is 66.9 Å². The molecule has 8 nitrogen and oxygen atoms in total. The quantitative estimate of drug-likeness (QED) is 0.0885. The third-order valence-corrected chi connectivity index (χ3v) is 10.1. The number of benzene rings is 3. The number of thioether (sulfide) groups is 1. The molecule has 242 valence electrons. The average Bonchev–Trinajstić information content (AvgIpc) is 3.39. The van der Waals surface area contributed by atoms with Crippen LogP contribution in [0.25, 0.3) is 6.08 Å². The molecule has 0 saturated carbocycles. The zero-order valence-electron chi connectivity index (χ0n) is 25.8. The Bertz CT molecular complexity index is 1810. The second kappa shape index (κ2) is 16.4. The molecule has 47 heavy (non-hydrogen) atoms. The van der Waals surface area contributed by atoms with Crippen LogP contribution < -0.4 is 16.0 Å². The molecule has 3 aromatic carbocycles. The minimum Gasteiger partial charge on any atom is -0.465 e. The summed E-state index contributed by atoms with van der Waals surface area (Å²) < 4.78 is 5.07. The van der Waals surface area contributed by atoms with Crippen molar-refractivity contribution < 1.29 is 23.9 Å². The first-order valence-corrected chi connectivity index (χ1v) is 17.4. The Morgan fingerprint density at radius 2 is 1.64 bits per heavy atom. The van der Waals surface area contributed by atoms with Crippen LogP contribution in [0.15, 0.2) is 89.5 Å². The lowest BCUT2D eigenvalue weighted by Gasteiger charge is -2.13. The molecule has 5 rings (SSSR count). The van der Waals surface area contributed by atoms with E-state index >= 15 is 0 Å². The number of carbonyl (C=O) groups excluding carboxylic acids is 4. The van der Waals surface area contributed by atoms with Gasteiger partial charge in [0.2, 0.25) is 5.91 Å². The zero-order valence-corrected chi connectivity index (χ0v) is 28.2. The number of nitrogens with one attached hydrogen (secondary N) is 3. The Labute approximate surface area is 286 Å². The van der Waals surface area contributed by atoms with Crippen molar-refractivity contribution >= 4 is 75.2 Å². The topological polar surface area (TPSA) is 114 Å². The van der Waals surface area contributed by atoms with E-state index in [0.29, 0.717) is 32.4 Å². The van der Waals surface area contributed by atoms with Crippen LogP contribution in [-0.2, 0) is 27.2 Å². The van der Waals surface area contributed by atoms with Crippen LogP contribution >= 0.6 is 34.7 Å². The molecule has 1 aliphatic carbocycles. The number of aryl methyl sites for hydroxylation is 1. The molecular formula is C36H34ClN3O5S2. The van der Waals surface area contributed by atoms with Crippen molar-refractivity contribution in [2.45, 2.75) is 43.4 Å². The average molecular weight is 688 g/mol. The van der Waals surface area contributed by atoms with Gasteiger partial charge in [-0.15, -0.1) is 23.1 Å². The van der Waals surface area contributed by atoms with Crippen molar-refractivity contribution in [3.63, 3.8) is 0 Å². The summed E-state index contributed by atoms with van der Waals surface area (Å²) in [5, 5.41) is 9.46. The summed E-state index contributed by atoms with van der Waals surface area (Å²) in [7, 11) is 1.36. The summed E-state index contributed by atoms with van der Waals surface area (Å²) in [6.07, 6.45) is 7.54. The number of halogens is 1. The van der Waals surface area contributed by atoms with E-state index in [2.05, 4.69) is 16.0 Å². The SMILES string of the molecule is COC(=O)c1c(NC(=O)CSc2cccc(NC(=O)/C(=C\c3ccccc3Cl)NC(=O)c3ccccc3)c2)sc2c1CCCCCC2. The number of anilines is 2.